The van der Waals surface area contributed by atoms with Crippen LogP contribution in [0, 0.1) is 6.57 Å². The number of hydrogen-bond acceptors (Lipinski definition) is 1. The monoisotopic (exact) mass is 220 g/mol. The van der Waals surface area contributed by atoms with Gasteiger partial charge in [0.05, 0.1) is 6.57 Å². The molecule has 17 heavy (non-hydrogen) atoms. The zero-order valence-corrected chi connectivity index (χ0v) is 9.40. The van der Waals surface area contributed by atoms with Crippen molar-refractivity contribution in [3.8, 4) is 0 Å². The zero-order valence-electron chi connectivity index (χ0n) is 9.40. The molecule has 2 aromatic rings. The van der Waals surface area contributed by atoms with Crippen LogP contribution in [0.5, 0.6) is 0 Å². The fourth-order valence-electron chi connectivity index (χ4n) is 2.32. The lowest BCUT2D eigenvalue weighted by Crippen LogP contribution is -1.98. The lowest BCUT2D eigenvalue weighted by atomic mass is 9.99. The minimum Gasteiger partial charge on any atom is -0.381 e. The minimum absolute atomic E-state index is 0.779. The van der Waals surface area contributed by atoms with Gasteiger partial charge in [-0.25, -0.2) is 4.85 Å². The number of nitrogens with one attached hydrogen (secondary N) is 1. The summed E-state index contributed by atoms with van der Waals surface area (Å²) in [7, 11) is 0. The van der Waals surface area contributed by atoms with Crippen molar-refractivity contribution in [1.29, 1.82) is 0 Å². The largest absolute Gasteiger partial charge is 0.381 e. The Hall–Kier alpha value is -2.27. The predicted octanol–water partition coefficient (Wildman–Crippen LogP) is 3.75. The van der Waals surface area contributed by atoms with Gasteiger partial charge in [0.15, 0.2) is 5.69 Å². The average molecular weight is 220 g/mol. The Morgan fingerprint density at radius 2 is 1.82 bits per heavy atom. The van der Waals surface area contributed by atoms with Crippen molar-refractivity contribution in [2.24, 2.45) is 0 Å². The number of rotatable bonds is 0. The van der Waals surface area contributed by atoms with Gasteiger partial charge in [0.2, 0.25) is 0 Å². The zero-order chi connectivity index (χ0) is 11.7. The van der Waals surface area contributed by atoms with Gasteiger partial charge >= 0.3 is 0 Å². The average Bonchev–Trinajstić information content (AvgIpc) is 2.57. The number of anilines is 1. The molecule has 0 atom stereocenters. The number of fused-ring (bicyclic) bond motifs is 2. The molecule has 82 valence electrons. The molecule has 3 rings (SSSR count). The number of hydrogen-bond donors (Lipinski definition) is 1. The molecule has 1 aliphatic rings. The Kier molecular flexibility index (Phi) is 2.31. The molecule has 0 amide bonds. The second kappa shape index (κ2) is 3.95. The molecule has 2 aromatic carbocycles. The van der Waals surface area contributed by atoms with Gasteiger partial charge in [0, 0.05) is 12.2 Å². The summed E-state index contributed by atoms with van der Waals surface area (Å²) in [6.07, 6.45) is 0.844. The van der Waals surface area contributed by atoms with Crippen molar-refractivity contribution in [3.05, 3.63) is 70.6 Å². The molecule has 0 saturated carbocycles. The minimum atomic E-state index is 0.779. The van der Waals surface area contributed by atoms with E-state index in [2.05, 4.69) is 28.4 Å². The van der Waals surface area contributed by atoms with Gasteiger partial charge in [-0.2, -0.15) is 0 Å². The molecule has 0 aliphatic carbocycles. The fraction of sp³-hybridized carbons (Fsp3) is 0.133. The summed E-state index contributed by atoms with van der Waals surface area (Å²) in [6, 6.07) is 14.3. The van der Waals surface area contributed by atoms with Crippen LogP contribution in [0.2, 0.25) is 0 Å². The maximum atomic E-state index is 7.24. The number of benzene rings is 2. The summed E-state index contributed by atoms with van der Waals surface area (Å²) in [4.78, 5) is 3.62. The summed E-state index contributed by atoms with van der Waals surface area (Å²) in [5, 5.41) is 3.43. The highest BCUT2D eigenvalue weighted by molar-refractivity contribution is 5.63. The third kappa shape index (κ3) is 1.66. The van der Waals surface area contributed by atoms with Crippen LogP contribution in [-0.4, -0.2) is 0 Å². The molecule has 1 N–H and O–H groups in total. The van der Waals surface area contributed by atoms with E-state index < -0.39 is 0 Å². The van der Waals surface area contributed by atoms with Gasteiger partial charge in [0.1, 0.15) is 0 Å². The Balaban J connectivity index is 2.16. The molecule has 1 aliphatic heterocycles. The van der Waals surface area contributed by atoms with Crippen molar-refractivity contribution in [2.75, 3.05) is 5.32 Å². The normalized spacial score (nSPS) is 12.6. The Morgan fingerprint density at radius 1 is 1.00 bits per heavy atom. The van der Waals surface area contributed by atoms with E-state index in [1.54, 1.807) is 0 Å². The smallest absolute Gasteiger partial charge is 0.191 e. The van der Waals surface area contributed by atoms with Crippen LogP contribution in [0.25, 0.3) is 4.85 Å². The molecular formula is C15H12N2. The first kappa shape index (κ1) is 9.92. The molecule has 0 bridgehead atoms. The molecule has 0 radical (unpaired) electrons. The third-order valence-electron chi connectivity index (χ3n) is 3.22. The molecule has 0 fully saturated rings. The number of nitrogens with zero attached hydrogens (tertiary/aromatic N) is 1. The van der Waals surface area contributed by atoms with E-state index >= 15 is 0 Å². The van der Waals surface area contributed by atoms with Crippen LogP contribution >= 0.6 is 0 Å². The third-order valence-corrected chi connectivity index (χ3v) is 3.22. The van der Waals surface area contributed by atoms with Crippen molar-refractivity contribution in [2.45, 2.75) is 13.0 Å². The molecule has 2 nitrogen and oxygen atoms in total. The van der Waals surface area contributed by atoms with Crippen LogP contribution in [0.4, 0.5) is 11.4 Å². The summed E-state index contributed by atoms with van der Waals surface area (Å²) < 4.78 is 0. The SMILES string of the molecule is [C-]#[N+]c1cccc2c1Cc1ccccc1NC2. The highest BCUT2D eigenvalue weighted by Crippen LogP contribution is 2.31. The lowest BCUT2D eigenvalue weighted by Gasteiger charge is -2.06. The molecule has 0 saturated heterocycles. The highest BCUT2D eigenvalue weighted by Gasteiger charge is 2.14. The standard InChI is InChI=1S/C15H12N2/c1-16-15-8-4-6-12-10-17-14-7-3-2-5-11(14)9-13(12)15/h2-8,17H,9-10H2. The van der Waals surface area contributed by atoms with E-state index in [1.165, 1.54) is 22.4 Å². The maximum absolute atomic E-state index is 7.24. The van der Waals surface area contributed by atoms with Crippen LogP contribution < -0.4 is 5.32 Å². The van der Waals surface area contributed by atoms with E-state index in [-0.39, 0.29) is 0 Å². The van der Waals surface area contributed by atoms with Crippen LogP contribution in [0.1, 0.15) is 16.7 Å². The van der Waals surface area contributed by atoms with Gasteiger partial charge in [-0.1, -0.05) is 36.4 Å². The van der Waals surface area contributed by atoms with E-state index in [0.717, 1.165) is 18.7 Å². The van der Waals surface area contributed by atoms with E-state index in [1.807, 2.05) is 24.3 Å². The lowest BCUT2D eigenvalue weighted by molar-refractivity contribution is 1.13. The van der Waals surface area contributed by atoms with Crippen molar-refractivity contribution >= 4 is 11.4 Å². The molecule has 1 heterocycles. The summed E-state index contributed by atoms with van der Waals surface area (Å²) in [5.74, 6) is 0. The van der Waals surface area contributed by atoms with Gasteiger partial charge < -0.3 is 5.32 Å². The first-order valence-electron chi connectivity index (χ1n) is 5.68. The summed E-state index contributed by atoms with van der Waals surface area (Å²) in [6.45, 7) is 8.05. The van der Waals surface area contributed by atoms with E-state index in [9.17, 15) is 0 Å². The first-order valence-corrected chi connectivity index (χ1v) is 5.68. The van der Waals surface area contributed by atoms with Gasteiger partial charge in [-0.15, -0.1) is 0 Å². The molecule has 0 unspecified atom stereocenters. The highest BCUT2D eigenvalue weighted by atomic mass is 14.9. The molecular weight excluding hydrogens is 208 g/mol. The van der Waals surface area contributed by atoms with Crippen LogP contribution in [0.3, 0.4) is 0 Å². The van der Waals surface area contributed by atoms with Crippen molar-refractivity contribution < 1.29 is 0 Å². The van der Waals surface area contributed by atoms with Crippen molar-refractivity contribution in [3.63, 3.8) is 0 Å². The second-order valence-corrected chi connectivity index (χ2v) is 4.21. The Morgan fingerprint density at radius 3 is 2.71 bits per heavy atom. The molecule has 0 aromatic heterocycles. The van der Waals surface area contributed by atoms with Crippen molar-refractivity contribution in [1.82, 2.24) is 0 Å². The molecule has 2 heteroatoms. The second-order valence-electron chi connectivity index (χ2n) is 4.21. The van der Waals surface area contributed by atoms with Gasteiger partial charge in [0.25, 0.3) is 0 Å². The fourth-order valence-corrected chi connectivity index (χ4v) is 2.32. The summed E-state index contributed by atoms with van der Waals surface area (Å²) >= 11 is 0. The predicted molar refractivity (Wildman–Crippen MR) is 69.3 cm³/mol. The van der Waals surface area contributed by atoms with E-state index in [4.69, 9.17) is 6.57 Å². The number of para-hydroxylation sites is 1. The maximum Gasteiger partial charge on any atom is 0.191 e. The Bertz CT molecular complexity index is 609. The summed E-state index contributed by atoms with van der Waals surface area (Å²) in [5.41, 5.74) is 5.62. The Labute approximate surface area is 101 Å². The first-order chi connectivity index (χ1) is 8.38. The van der Waals surface area contributed by atoms with Crippen LogP contribution in [0.15, 0.2) is 42.5 Å². The van der Waals surface area contributed by atoms with Gasteiger partial charge in [-0.05, 0) is 29.2 Å². The van der Waals surface area contributed by atoms with Gasteiger partial charge in [-0.3, -0.25) is 0 Å². The quantitative estimate of drug-likeness (QED) is 0.669. The topological polar surface area (TPSA) is 16.4 Å². The van der Waals surface area contributed by atoms with Crippen LogP contribution in [-0.2, 0) is 13.0 Å². The molecule has 0 spiro atoms. The van der Waals surface area contributed by atoms with E-state index in [0.29, 0.717) is 0 Å².